The molecule has 144 valence electrons. The molecule has 1 amide bonds. The molecule has 1 heterocycles. The van der Waals surface area contributed by atoms with Gasteiger partial charge in [-0.25, -0.2) is 17.5 Å². The lowest BCUT2D eigenvalue weighted by Gasteiger charge is -2.19. The average molecular weight is 394 g/mol. The highest BCUT2D eigenvalue weighted by atomic mass is 32.2. The van der Waals surface area contributed by atoms with E-state index in [4.69, 9.17) is 9.47 Å². The van der Waals surface area contributed by atoms with Crippen molar-refractivity contribution in [3.8, 4) is 11.5 Å². The second kappa shape index (κ2) is 7.53. The number of methoxy groups -OCH3 is 2. The van der Waals surface area contributed by atoms with Crippen molar-refractivity contribution in [2.24, 2.45) is 0 Å². The van der Waals surface area contributed by atoms with E-state index < -0.39 is 26.8 Å². The third kappa shape index (κ3) is 3.88. The fourth-order valence-corrected chi connectivity index (χ4v) is 4.28. The van der Waals surface area contributed by atoms with Crippen LogP contribution < -0.4 is 19.1 Å². The topological polar surface area (TPSA) is 84.9 Å². The second-order valence-corrected chi connectivity index (χ2v) is 7.68. The van der Waals surface area contributed by atoms with Crippen LogP contribution in [0.5, 0.6) is 11.5 Å². The van der Waals surface area contributed by atoms with Gasteiger partial charge < -0.3 is 14.4 Å². The molecule has 1 fully saturated rings. The van der Waals surface area contributed by atoms with E-state index in [1.807, 2.05) is 0 Å². The Balaban J connectivity index is 1.79. The molecule has 1 unspecified atom stereocenters. The average Bonchev–Trinajstić information content (AvgIpc) is 3.00. The summed E-state index contributed by atoms with van der Waals surface area (Å²) >= 11 is 0. The monoisotopic (exact) mass is 394 g/mol. The van der Waals surface area contributed by atoms with Crippen LogP contribution in [0.1, 0.15) is 6.42 Å². The van der Waals surface area contributed by atoms with Gasteiger partial charge in [0.05, 0.1) is 14.2 Å². The van der Waals surface area contributed by atoms with Crippen molar-refractivity contribution < 1.29 is 27.1 Å². The maximum Gasteiger partial charge on any atom is 0.243 e. The molecule has 1 aliphatic rings. The standard InChI is InChI=1S/C18H19FN2O5S/c1-25-15-8-7-13(10-16(15)26-2)21-11-12(9-18(21)22)20-27(23,24)17-6-4-3-5-14(17)19/h3-8,10,12,20H,9,11H2,1-2H3. The highest BCUT2D eigenvalue weighted by Gasteiger charge is 2.34. The van der Waals surface area contributed by atoms with E-state index in [2.05, 4.69) is 4.72 Å². The summed E-state index contributed by atoms with van der Waals surface area (Å²) in [6.45, 7) is 0.127. The molecule has 2 aromatic rings. The Morgan fingerprint density at radius 3 is 2.48 bits per heavy atom. The Morgan fingerprint density at radius 2 is 1.81 bits per heavy atom. The lowest BCUT2D eigenvalue weighted by molar-refractivity contribution is -0.117. The van der Waals surface area contributed by atoms with Gasteiger partial charge in [0.25, 0.3) is 0 Å². The fraction of sp³-hybridized carbons (Fsp3) is 0.278. The molecule has 1 saturated heterocycles. The Morgan fingerprint density at radius 1 is 1.11 bits per heavy atom. The molecule has 0 aliphatic carbocycles. The molecule has 0 spiro atoms. The minimum Gasteiger partial charge on any atom is -0.493 e. The highest BCUT2D eigenvalue weighted by Crippen LogP contribution is 2.33. The molecular weight excluding hydrogens is 375 g/mol. The molecule has 9 heteroatoms. The summed E-state index contributed by atoms with van der Waals surface area (Å²) in [5, 5.41) is 0. The molecule has 3 rings (SSSR count). The van der Waals surface area contributed by atoms with E-state index in [0.717, 1.165) is 6.07 Å². The van der Waals surface area contributed by atoms with Crippen molar-refractivity contribution in [1.29, 1.82) is 0 Å². The number of anilines is 1. The zero-order valence-corrected chi connectivity index (χ0v) is 15.6. The van der Waals surface area contributed by atoms with Crippen LogP contribution in [0.4, 0.5) is 10.1 Å². The van der Waals surface area contributed by atoms with Crippen LogP contribution in [-0.2, 0) is 14.8 Å². The van der Waals surface area contributed by atoms with E-state index in [9.17, 15) is 17.6 Å². The zero-order chi connectivity index (χ0) is 19.6. The smallest absolute Gasteiger partial charge is 0.243 e. The van der Waals surface area contributed by atoms with Gasteiger partial charge >= 0.3 is 0 Å². The maximum atomic E-state index is 13.8. The number of nitrogens with zero attached hydrogens (tertiary/aromatic N) is 1. The quantitative estimate of drug-likeness (QED) is 0.809. The van der Waals surface area contributed by atoms with E-state index >= 15 is 0 Å². The normalized spacial score (nSPS) is 17.2. The third-order valence-corrected chi connectivity index (χ3v) is 5.81. The molecule has 0 radical (unpaired) electrons. The summed E-state index contributed by atoms with van der Waals surface area (Å²) in [7, 11) is -1.08. The first-order chi connectivity index (χ1) is 12.9. The number of amides is 1. The zero-order valence-electron chi connectivity index (χ0n) is 14.8. The number of halogens is 1. The minimum absolute atomic E-state index is 0.0258. The molecule has 1 atom stereocenters. The molecule has 1 aliphatic heterocycles. The van der Waals surface area contributed by atoms with Gasteiger partial charge in [-0.2, -0.15) is 0 Å². The number of ether oxygens (including phenoxy) is 2. The molecule has 0 saturated carbocycles. The first kappa shape index (κ1) is 19.1. The summed E-state index contributed by atoms with van der Waals surface area (Å²) in [6.07, 6.45) is -0.0258. The van der Waals surface area contributed by atoms with Gasteiger partial charge in [-0.1, -0.05) is 12.1 Å². The summed E-state index contributed by atoms with van der Waals surface area (Å²) < 4.78 is 51.5. The van der Waals surface area contributed by atoms with Gasteiger partial charge in [0, 0.05) is 30.8 Å². The van der Waals surface area contributed by atoms with Crippen molar-refractivity contribution in [1.82, 2.24) is 4.72 Å². The number of nitrogens with one attached hydrogen (secondary N) is 1. The highest BCUT2D eigenvalue weighted by molar-refractivity contribution is 7.89. The molecule has 2 aromatic carbocycles. The Labute approximate surface area is 156 Å². The summed E-state index contributed by atoms with van der Waals surface area (Å²) in [6, 6.07) is 9.43. The van der Waals surface area contributed by atoms with Crippen molar-refractivity contribution in [3.63, 3.8) is 0 Å². The lowest BCUT2D eigenvalue weighted by Crippen LogP contribution is -2.37. The van der Waals surface area contributed by atoms with E-state index in [-0.39, 0.29) is 18.9 Å². The van der Waals surface area contributed by atoms with Gasteiger partial charge in [0.2, 0.25) is 15.9 Å². The second-order valence-electron chi connectivity index (χ2n) is 6.00. The SMILES string of the molecule is COc1ccc(N2CC(NS(=O)(=O)c3ccccc3F)CC2=O)cc1OC. The van der Waals surface area contributed by atoms with Crippen molar-refractivity contribution in [2.75, 3.05) is 25.7 Å². The number of carbonyl (C=O) groups excluding carboxylic acids is 1. The molecule has 0 bridgehead atoms. The van der Waals surface area contributed by atoms with Crippen LogP contribution in [0, 0.1) is 5.82 Å². The van der Waals surface area contributed by atoms with Gasteiger partial charge in [-0.3, -0.25) is 4.79 Å². The van der Waals surface area contributed by atoms with Gasteiger partial charge in [-0.05, 0) is 24.3 Å². The molecule has 27 heavy (non-hydrogen) atoms. The van der Waals surface area contributed by atoms with Crippen LogP contribution in [0.3, 0.4) is 0 Å². The van der Waals surface area contributed by atoms with Crippen molar-refractivity contribution >= 4 is 21.6 Å². The van der Waals surface area contributed by atoms with Crippen LogP contribution in [0.15, 0.2) is 47.4 Å². The van der Waals surface area contributed by atoms with Crippen molar-refractivity contribution in [3.05, 3.63) is 48.3 Å². The van der Waals surface area contributed by atoms with E-state index in [1.54, 1.807) is 18.2 Å². The van der Waals surface area contributed by atoms with Crippen LogP contribution in [-0.4, -0.2) is 41.1 Å². The Bertz CT molecular complexity index is 964. The van der Waals surface area contributed by atoms with E-state index in [0.29, 0.717) is 17.2 Å². The molecular formula is C18H19FN2O5S. The molecule has 1 N–H and O–H groups in total. The number of carbonyl (C=O) groups is 1. The molecule has 0 aromatic heterocycles. The van der Waals surface area contributed by atoms with Gasteiger partial charge in [0.15, 0.2) is 11.5 Å². The Hall–Kier alpha value is -2.65. The maximum absolute atomic E-state index is 13.8. The summed E-state index contributed by atoms with van der Waals surface area (Å²) in [5.74, 6) is -0.114. The first-order valence-corrected chi connectivity index (χ1v) is 9.63. The number of hydrogen-bond donors (Lipinski definition) is 1. The first-order valence-electron chi connectivity index (χ1n) is 8.15. The number of hydrogen-bond acceptors (Lipinski definition) is 5. The number of benzene rings is 2. The van der Waals surface area contributed by atoms with Gasteiger partial charge in [-0.15, -0.1) is 0 Å². The number of rotatable bonds is 6. The summed E-state index contributed by atoms with van der Waals surface area (Å²) in [4.78, 5) is 13.4. The minimum atomic E-state index is -4.08. The predicted octanol–water partition coefficient (Wildman–Crippen LogP) is 1.93. The predicted molar refractivity (Wildman–Crippen MR) is 97.0 cm³/mol. The summed E-state index contributed by atoms with van der Waals surface area (Å²) in [5.41, 5.74) is 0.560. The number of sulfonamides is 1. The van der Waals surface area contributed by atoms with Crippen LogP contribution in [0.25, 0.3) is 0 Å². The third-order valence-electron chi connectivity index (χ3n) is 4.25. The van der Waals surface area contributed by atoms with E-state index in [1.165, 1.54) is 37.3 Å². The largest absolute Gasteiger partial charge is 0.493 e. The van der Waals surface area contributed by atoms with Gasteiger partial charge in [0.1, 0.15) is 10.7 Å². The molecule has 7 nitrogen and oxygen atoms in total. The van der Waals surface area contributed by atoms with Crippen molar-refractivity contribution in [2.45, 2.75) is 17.4 Å². The Kier molecular flexibility index (Phi) is 5.33. The fourth-order valence-electron chi connectivity index (χ4n) is 2.97. The van der Waals surface area contributed by atoms with Crippen LogP contribution in [0.2, 0.25) is 0 Å². The lowest BCUT2D eigenvalue weighted by atomic mass is 10.2. The van der Waals surface area contributed by atoms with Crippen LogP contribution >= 0.6 is 0 Å².